The van der Waals surface area contributed by atoms with Crippen molar-refractivity contribution in [3.8, 4) is 0 Å². The molecule has 4 atom stereocenters. The molecule has 1 saturated carbocycles. The number of hydrogen-bond acceptors (Lipinski definition) is 10. The van der Waals surface area contributed by atoms with Crippen LogP contribution < -0.4 is 10.5 Å². The Morgan fingerprint density at radius 2 is 1.94 bits per heavy atom. The molecule has 180 valence electrons. The van der Waals surface area contributed by atoms with Crippen LogP contribution in [0.15, 0.2) is 59.4 Å². The topological polar surface area (TPSA) is 178 Å². The molecular weight excluding hydrogens is 464 g/mol. The standard InChI is InChI=1S/C22H24N4O7S/c23-34(30,31)32-11-14-9-17(21(29)19(14)27)26-22-16(10-24-12-25-22)20(28)18-7-6-15(33-18)8-13-4-2-1-3-5-13/h1-7,10,12,14,17,19,21,27,29H,8-9,11H2,(H2,23,30,31)(H,24,25,26)/t14-,17-,19-,21+/m1/s1. The van der Waals surface area contributed by atoms with E-state index in [4.69, 9.17) is 9.56 Å². The predicted molar refractivity (Wildman–Crippen MR) is 120 cm³/mol. The average molecular weight is 489 g/mol. The molecule has 1 aliphatic carbocycles. The van der Waals surface area contributed by atoms with Crippen molar-refractivity contribution in [2.75, 3.05) is 11.9 Å². The Bertz CT molecular complexity index is 1250. The summed E-state index contributed by atoms with van der Waals surface area (Å²) in [6, 6.07) is 12.2. The fourth-order valence-electron chi connectivity index (χ4n) is 3.93. The predicted octanol–water partition coefficient (Wildman–Crippen LogP) is 0.634. The molecule has 0 radical (unpaired) electrons. The lowest BCUT2D eigenvalue weighted by Gasteiger charge is -2.19. The minimum absolute atomic E-state index is 0.107. The van der Waals surface area contributed by atoms with E-state index in [1.54, 1.807) is 12.1 Å². The van der Waals surface area contributed by atoms with Gasteiger partial charge >= 0.3 is 10.3 Å². The zero-order valence-corrected chi connectivity index (χ0v) is 18.8. The third kappa shape index (κ3) is 5.66. The van der Waals surface area contributed by atoms with Gasteiger partial charge in [-0.15, -0.1) is 0 Å². The number of anilines is 1. The number of nitrogens with two attached hydrogens (primary N) is 1. The summed E-state index contributed by atoms with van der Waals surface area (Å²) in [6.07, 6.45) is 0.729. The fraction of sp³-hybridized carbons (Fsp3) is 0.318. The number of carbonyl (C=O) groups excluding carboxylic acids is 1. The largest absolute Gasteiger partial charge is 0.457 e. The normalized spacial score (nSPS) is 22.6. The van der Waals surface area contributed by atoms with Crippen LogP contribution in [-0.4, -0.2) is 59.2 Å². The molecule has 4 rings (SSSR count). The summed E-state index contributed by atoms with van der Waals surface area (Å²) in [7, 11) is -4.18. The number of benzene rings is 1. The van der Waals surface area contributed by atoms with Crippen LogP contribution in [0.1, 0.15) is 33.9 Å². The summed E-state index contributed by atoms with van der Waals surface area (Å²) in [4.78, 5) is 21.1. The van der Waals surface area contributed by atoms with E-state index < -0.39 is 40.3 Å². The van der Waals surface area contributed by atoms with Crippen LogP contribution in [0.5, 0.6) is 0 Å². The first kappa shape index (κ1) is 24.0. The van der Waals surface area contributed by atoms with Crippen molar-refractivity contribution >= 4 is 21.9 Å². The summed E-state index contributed by atoms with van der Waals surface area (Å²) in [5, 5.41) is 28.5. The maximum Gasteiger partial charge on any atom is 0.333 e. The Kier molecular flexibility index (Phi) is 7.05. The van der Waals surface area contributed by atoms with Crippen molar-refractivity contribution in [3.05, 3.63) is 77.6 Å². The van der Waals surface area contributed by atoms with E-state index in [0.29, 0.717) is 12.2 Å². The van der Waals surface area contributed by atoms with Crippen LogP contribution in [0.3, 0.4) is 0 Å². The summed E-state index contributed by atoms with van der Waals surface area (Å²) in [5.41, 5.74) is 1.16. The molecule has 0 saturated heterocycles. The fourth-order valence-corrected chi connectivity index (χ4v) is 4.29. The van der Waals surface area contributed by atoms with E-state index >= 15 is 0 Å². The Labute approximate surface area is 195 Å². The molecule has 12 heteroatoms. The van der Waals surface area contributed by atoms with Gasteiger partial charge in [-0.25, -0.2) is 15.1 Å². The highest BCUT2D eigenvalue weighted by Gasteiger charge is 2.42. The van der Waals surface area contributed by atoms with E-state index in [-0.39, 0.29) is 30.2 Å². The number of nitrogens with one attached hydrogen (secondary N) is 1. The lowest BCUT2D eigenvalue weighted by atomic mass is 10.1. The quantitative estimate of drug-likeness (QED) is 0.312. The van der Waals surface area contributed by atoms with Crippen molar-refractivity contribution in [2.45, 2.75) is 31.1 Å². The SMILES string of the molecule is NS(=O)(=O)OC[C@H]1C[C@@H](Nc2ncncc2C(=O)c2ccc(Cc3ccccc3)o2)[C@H](O)[C@@H]1O. The van der Waals surface area contributed by atoms with Gasteiger partial charge in [0.05, 0.1) is 24.3 Å². The first-order valence-corrected chi connectivity index (χ1v) is 12.0. The second kappa shape index (κ2) is 9.99. The van der Waals surface area contributed by atoms with Gasteiger partial charge < -0.3 is 19.9 Å². The zero-order chi connectivity index (χ0) is 24.3. The molecule has 1 aromatic carbocycles. The van der Waals surface area contributed by atoms with Crippen LogP contribution in [0.25, 0.3) is 0 Å². The van der Waals surface area contributed by atoms with Gasteiger partial charge in [0.1, 0.15) is 24.0 Å². The molecule has 2 aromatic heterocycles. The van der Waals surface area contributed by atoms with Gasteiger partial charge in [0.25, 0.3) is 0 Å². The smallest absolute Gasteiger partial charge is 0.333 e. The number of ketones is 1. The number of rotatable bonds is 9. The van der Waals surface area contributed by atoms with Crippen LogP contribution in [-0.2, 0) is 20.9 Å². The number of aliphatic hydroxyl groups excluding tert-OH is 2. The summed E-state index contributed by atoms with van der Waals surface area (Å²) >= 11 is 0. The molecule has 11 nitrogen and oxygen atoms in total. The highest BCUT2D eigenvalue weighted by Crippen LogP contribution is 2.30. The number of aliphatic hydroxyl groups is 2. The van der Waals surface area contributed by atoms with Gasteiger partial charge in [-0.1, -0.05) is 30.3 Å². The van der Waals surface area contributed by atoms with E-state index in [0.717, 1.165) is 5.56 Å². The molecule has 1 aliphatic rings. The zero-order valence-electron chi connectivity index (χ0n) is 17.9. The Balaban J connectivity index is 1.47. The minimum Gasteiger partial charge on any atom is -0.457 e. The summed E-state index contributed by atoms with van der Waals surface area (Å²) < 4.78 is 32.4. The van der Waals surface area contributed by atoms with Crippen LogP contribution in [0, 0.1) is 5.92 Å². The maximum absolute atomic E-state index is 13.1. The van der Waals surface area contributed by atoms with Crippen LogP contribution >= 0.6 is 0 Å². The molecular formula is C22H24N4O7S. The van der Waals surface area contributed by atoms with Crippen molar-refractivity contribution in [3.63, 3.8) is 0 Å². The van der Waals surface area contributed by atoms with Gasteiger partial charge in [-0.05, 0) is 24.1 Å². The second-order valence-electron chi connectivity index (χ2n) is 8.05. The molecule has 0 aliphatic heterocycles. The van der Waals surface area contributed by atoms with Gasteiger partial charge in [0, 0.05) is 18.5 Å². The summed E-state index contributed by atoms with van der Waals surface area (Å²) in [6.45, 7) is -0.388. The van der Waals surface area contributed by atoms with Crippen molar-refractivity contribution in [1.82, 2.24) is 9.97 Å². The molecule has 2 heterocycles. The third-order valence-electron chi connectivity index (χ3n) is 5.63. The van der Waals surface area contributed by atoms with Gasteiger partial charge in [-0.2, -0.15) is 8.42 Å². The van der Waals surface area contributed by atoms with E-state index in [2.05, 4.69) is 19.5 Å². The summed E-state index contributed by atoms with van der Waals surface area (Å²) in [5.74, 6) is -0.282. The highest BCUT2D eigenvalue weighted by molar-refractivity contribution is 7.84. The molecule has 0 amide bonds. The lowest BCUT2D eigenvalue weighted by molar-refractivity contribution is 0.00778. The van der Waals surface area contributed by atoms with Crippen molar-refractivity contribution in [1.29, 1.82) is 0 Å². The number of carbonyl (C=O) groups is 1. The van der Waals surface area contributed by atoms with Crippen LogP contribution in [0.2, 0.25) is 0 Å². The monoisotopic (exact) mass is 488 g/mol. The number of aromatic nitrogens is 2. The Morgan fingerprint density at radius 1 is 1.18 bits per heavy atom. The van der Waals surface area contributed by atoms with Gasteiger partial charge in [0.15, 0.2) is 5.76 Å². The molecule has 0 bridgehead atoms. The van der Waals surface area contributed by atoms with Crippen LogP contribution in [0.4, 0.5) is 5.82 Å². The van der Waals surface area contributed by atoms with Gasteiger partial charge in [0.2, 0.25) is 5.78 Å². The van der Waals surface area contributed by atoms with Crippen molar-refractivity contribution < 1.29 is 32.0 Å². The van der Waals surface area contributed by atoms with E-state index in [1.165, 1.54) is 12.5 Å². The Morgan fingerprint density at radius 3 is 2.68 bits per heavy atom. The first-order chi connectivity index (χ1) is 16.2. The molecule has 0 unspecified atom stereocenters. The molecule has 0 spiro atoms. The second-order valence-corrected chi connectivity index (χ2v) is 9.27. The average Bonchev–Trinajstić information content (AvgIpc) is 3.38. The minimum atomic E-state index is -4.18. The van der Waals surface area contributed by atoms with Gasteiger partial charge in [-0.3, -0.25) is 8.98 Å². The van der Waals surface area contributed by atoms with Crippen molar-refractivity contribution in [2.24, 2.45) is 11.1 Å². The third-order valence-corrected chi connectivity index (χ3v) is 6.10. The highest BCUT2D eigenvalue weighted by atomic mass is 32.2. The number of furan rings is 1. The molecule has 5 N–H and O–H groups in total. The number of nitrogens with zero attached hydrogens (tertiary/aromatic N) is 2. The molecule has 34 heavy (non-hydrogen) atoms. The number of hydrogen-bond donors (Lipinski definition) is 4. The lowest BCUT2D eigenvalue weighted by Crippen LogP contribution is -2.36. The molecule has 3 aromatic rings. The Hall–Kier alpha value is -3.16. The van der Waals surface area contributed by atoms with E-state index in [9.17, 15) is 23.4 Å². The first-order valence-electron chi connectivity index (χ1n) is 10.5. The molecule has 1 fully saturated rings. The maximum atomic E-state index is 13.1. The van der Waals surface area contributed by atoms with E-state index in [1.807, 2.05) is 30.3 Å².